The molecule has 228 valence electrons. The van der Waals surface area contributed by atoms with Crippen molar-refractivity contribution in [3.63, 3.8) is 0 Å². The van der Waals surface area contributed by atoms with Crippen molar-refractivity contribution >= 4 is 11.6 Å². The molecule has 0 aromatic heterocycles. The van der Waals surface area contributed by atoms with Gasteiger partial charge < -0.3 is 20.3 Å². The topological polar surface area (TPSA) is 134 Å². The molecule has 1 amide bonds. The lowest BCUT2D eigenvalue weighted by Gasteiger charge is -2.62. The van der Waals surface area contributed by atoms with Gasteiger partial charge in [-0.05, 0) is 61.0 Å². The molecule has 0 spiro atoms. The molecule has 1 aliphatic heterocycles. The third-order valence-corrected chi connectivity index (χ3v) is 10.3. The number of methoxy groups -OCH3 is 1. The molecule has 4 aliphatic rings. The Morgan fingerprint density at radius 2 is 2.02 bits per heavy atom. The zero-order valence-corrected chi connectivity index (χ0v) is 25.2. The number of rotatable bonds is 9. The molecule has 4 fully saturated rings. The number of nitrogens with one attached hydrogen (secondary N) is 1. The summed E-state index contributed by atoms with van der Waals surface area (Å²) in [6, 6.07) is 9.61. The highest BCUT2D eigenvalue weighted by molar-refractivity contribution is 5.83. The molecule has 3 saturated carbocycles. The Morgan fingerprint density at radius 3 is 2.62 bits per heavy atom. The fourth-order valence-electron chi connectivity index (χ4n) is 7.85. The molecule has 10 nitrogen and oxygen atoms in total. The van der Waals surface area contributed by atoms with Gasteiger partial charge in [0.15, 0.2) is 0 Å². The average Bonchev–Trinajstić information content (AvgIpc) is 3.31. The number of nitro benzene ring substituents is 1. The number of non-ortho nitro benzene ring substituents is 1. The van der Waals surface area contributed by atoms with Crippen LogP contribution in [0.4, 0.5) is 5.69 Å². The zero-order chi connectivity index (χ0) is 30.5. The normalized spacial score (nSPS) is 30.8. The molecular formula is C32H43N3O7. The van der Waals surface area contributed by atoms with Crippen molar-refractivity contribution in [1.29, 1.82) is 0 Å². The first-order valence-corrected chi connectivity index (χ1v) is 14.8. The van der Waals surface area contributed by atoms with Crippen LogP contribution in [0, 0.1) is 46.1 Å². The molecule has 2 aromatic carbocycles. The van der Waals surface area contributed by atoms with Gasteiger partial charge in [0, 0.05) is 35.2 Å². The van der Waals surface area contributed by atoms with Crippen LogP contribution < -0.4 is 10.1 Å². The highest BCUT2D eigenvalue weighted by atomic mass is 16.7. The second-order valence-corrected chi connectivity index (χ2v) is 13.0. The van der Waals surface area contributed by atoms with E-state index in [1.165, 1.54) is 25.7 Å². The zero-order valence-electron chi connectivity index (χ0n) is 25.2. The standard InChI is InChI=1S/C32H43N3O7/c1-17-10-21(12-23(11-17)35(39)40)24-9-7-8-20(30(24)41-6)15-34-29(28(19(3)37)27(16-36)42-34)31(38)33-26-14-22-13-25(18(26)2)32(22,4)5/h7-12,18-19,22,25-29,36-37H,13-16H2,1-6H3,(H,33,38)/t18-,19-,22+,25-,26-,27-,28-,29-/m0/s1. The maximum Gasteiger partial charge on any atom is 0.270 e. The van der Waals surface area contributed by atoms with Crippen LogP contribution in [-0.2, 0) is 16.2 Å². The van der Waals surface area contributed by atoms with Gasteiger partial charge in [0.25, 0.3) is 5.69 Å². The molecule has 2 bridgehead atoms. The number of fused-ring (bicyclic) bond motifs is 2. The van der Waals surface area contributed by atoms with E-state index in [1.807, 2.05) is 24.3 Å². The molecule has 6 rings (SSSR count). The van der Waals surface area contributed by atoms with E-state index < -0.39 is 29.1 Å². The lowest BCUT2D eigenvalue weighted by Crippen LogP contribution is -2.62. The first kappa shape index (κ1) is 30.4. The molecule has 10 heteroatoms. The Hall–Kier alpha value is -3.05. The van der Waals surface area contributed by atoms with Gasteiger partial charge in [0.2, 0.25) is 5.91 Å². The predicted octanol–water partition coefficient (Wildman–Crippen LogP) is 4.24. The minimum Gasteiger partial charge on any atom is -0.496 e. The van der Waals surface area contributed by atoms with Crippen molar-refractivity contribution in [2.75, 3.05) is 13.7 Å². The molecule has 1 saturated heterocycles. The number of hydrogen-bond acceptors (Lipinski definition) is 8. The van der Waals surface area contributed by atoms with Gasteiger partial charge in [0.1, 0.15) is 17.9 Å². The summed E-state index contributed by atoms with van der Waals surface area (Å²) in [6.45, 7) is 10.1. The first-order chi connectivity index (χ1) is 19.9. The summed E-state index contributed by atoms with van der Waals surface area (Å²) in [5.74, 6) is 1.09. The second-order valence-electron chi connectivity index (χ2n) is 13.0. The lowest BCUT2D eigenvalue weighted by atomic mass is 9.45. The number of aryl methyl sites for hydroxylation is 1. The third kappa shape index (κ3) is 5.30. The number of amides is 1. The number of carbonyl (C=O) groups excluding carboxylic acids is 1. The lowest BCUT2D eigenvalue weighted by molar-refractivity contribution is -0.384. The van der Waals surface area contributed by atoms with E-state index >= 15 is 0 Å². The third-order valence-electron chi connectivity index (χ3n) is 10.3. The minimum absolute atomic E-state index is 0.0133. The number of hydroxylamine groups is 2. The quantitative estimate of drug-likeness (QED) is 0.296. The van der Waals surface area contributed by atoms with Crippen LogP contribution in [0.15, 0.2) is 36.4 Å². The molecule has 3 N–H and O–H groups in total. The molecule has 0 radical (unpaired) electrons. The van der Waals surface area contributed by atoms with Gasteiger partial charge in [-0.15, -0.1) is 0 Å². The van der Waals surface area contributed by atoms with E-state index in [4.69, 9.17) is 9.57 Å². The van der Waals surface area contributed by atoms with Crippen molar-refractivity contribution in [3.8, 4) is 16.9 Å². The molecule has 42 heavy (non-hydrogen) atoms. The predicted molar refractivity (Wildman–Crippen MR) is 157 cm³/mol. The van der Waals surface area contributed by atoms with Crippen LogP contribution >= 0.6 is 0 Å². The second kappa shape index (κ2) is 11.6. The van der Waals surface area contributed by atoms with Crippen molar-refractivity contribution in [2.24, 2.45) is 29.1 Å². The summed E-state index contributed by atoms with van der Waals surface area (Å²) < 4.78 is 5.82. The highest BCUT2D eigenvalue weighted by Gasteiger charge is 2.57. The number of aliphatic hydroxyl groups excluding tert-OH is 2. The Kier molecular flexibility index (Phi) is 8.37. The number of carbonyl (C=O) groups is 1. The Bertz CT molecular complexity index is 1350. The molecule has 1 heterocycles. The number of nitrogens with zero attached hydrogens (tertiary/aromatic N) is 2. The minimum atomic E-state index is -0.903. The van der Waals surface area contributed by atoms with Crippen LogP contribution in [0.3, 0.4) is 0 Å². The summed E-state index contributed by atoms with van der Waals surface area (Å²) >= 11 is 0. The van der Waals surface area contributed by atoms with Gasteiger partial charge in [-0.2, -0.15) is 5.06 Å². The summed E-state index contributed by atoms with van der Waals surface area (Å²) in [4.78, 5) is 31.2. The van der Waals surface area contributed by atoms with Gasteiger partial charge in [-0.1, -0.05) is 45.0 Å². The number of aliphatic hydroxyl groups is 2. The Morgan fingerprint density at radius 1 is 1.29 bits per heavy atom. The van der Waals surface area contributed by atoms with Gasteiger partial charge in [0.05, 0.1) is 31.3 Å². The molecule has 0 unspecified atom stereocenters. The fourth-order valence-corrected chi connectivity index (χ4v) is 7.85. The number of benzene rings is 2. The number of ether oxygens (including phenoxy) is 1. The van der Waals surface area contributed by atoms with E-state index in [0.29, 0.717) is 40.2 Å². The molecule has 8 atom stereocenters. The van der Waals surface area contributed by atoms with E-state index in [-0.39, 0.29) is 36.2 Å². The number of nitro groups is 1. The molecular weight excluding hydrogens is 538 g/mol. The van der Waals surface area contributed by atoms with Crippen molar-refractivity contribution in [2.45, 2.75) is 78.3 Å². The Balaban J connectivity index is 1.44. The van der Waals surface area contributed by atoms with Crippen LogP contribution in [0.5, 0.6) is 5.75 Å². The van der Waals surface area contributed by atoms with E-state index in [1.54, 1.807) is 18.9 Å². The fraction of sp³-hybridized carbons (Fsp3) is 0.594. The van der Waals surface area contributed by atoms with Crippen LogP contribution in [0.1, 0.15) is 51.7 Å². The van der Waals surface area contributed by atoms with Gasteiger partial charge in [-0.3, -0.25) is 19.7 Å². The molecule has 3 aliphatic carbocycles. The van der Waals surface area contributed by atoms with E-state index in [2.05, 4.69) is 26.1 Å². The van der Waals surface area contributed by atoms with Crippen molar-refractivity contribution < 1.29 is 29.5 Å². The number of para-hydroxylation sites is 1. The smallest absolute Gasteiger partial charge is 0.270 e. The summed E-state index contributed by atoms with van der Waals surface area (Å²) in [7, 11) is 1.54. The van der Waals surface area contributed by atoms with E-state index in [0.717, 1.165) is 12.0 Å². The van der Waals surface area contributed by atoms with Crippen LogP contribution in [0.25, 0.3) is 11.1 Å². The maximum atomic E-state index is 14.0. The maximum absolute atomic E-state index is 14.0. The Labute approximate surface area is 247 Å². The van der Waals surface area contributed by atoms with Crippen LogP contribution in [-0.4, -0.2) is 64.1 Å². The first-order valence-electron chi connectivity index (χ1n) is 14.8. The largest absolute Gasteiger partial charge is 0.496 e. The average molecular weight is 582 g/mol. The number of hydrogen-bond donors (Lipinski definition) is 3. The monoisotopic (exact) mass is 581 g/mol. The van der Waals surface area contributed by atoms with Crippen LogP contribution in [0.2, 0.25) is 0 Å². The van der Waals surface area contributed by atoms with Crippen molar-refractivity contribution in [1.82, 2.24) is 10.4 Å². The SMILES string of the molecule is COc1c(CN2O[C@@H](CO)[C@H]([C@H](C)O)[C@H]2C(=O)N[C@H]2C[C@H]3C[C@@H]([C@@H]2C)C3(C)C)cccc1-c1cc(C)cc([N+](=O)[O-])c1. The van der Waals surface area contributed by atoms with Crippen molar-refractivity contribution in [3.05, 3.63) is 57.6 Å². The summed E-state index contributed by atoms with van der Waals surface area (Å²) in [6.07, 6.45) is 0.457. The van der Waals surface area contributed by atoms with Gasteiger partial charge in [-0.25, -0.2) is 0 Å². The summed E-state index contributed by atoms with van der Waals surface area (Å²) in [5.41, 5.74) is 3.03. The molecule has 2 aromatic rings. The van der Waals surface area contributed by atoms with Gasteiger partial charge >= 0.3 is 0 Å². The highest BCUT2D eigenvalue weighted by Crippen LogP contribution is 2.61. The summed E-state index contributed by atoms with van der Waals surface area (Å²) in [5, 5.41) is 37.3. The van der Waals surface area contributed by atoms with E-state index in [9.17, 15) is 25.1 Å².